The van der Waals surface area contributed by atoms with E-state index >= 15 is 0 Å². The Kier molecular flexibility index (Phi) is 3.70. The highest BCUT2D eigenvalue weighted by Gasteiger charge is 1.90. The Balaban J connectivity index is 2.83. The van der Waals surface area contributed by atoms with Gasteiger partial charge in [-0.2, -0.15) is 10.5 Å². The van der Waals surface area contributed by atoms with Gasteiger partial charge in [-0.3, -0.25) is 0 Å². The van der Waals surface area contributed by atoms with Gasteiger partial charge in [-0.15, -0.1) is 0 Å². The van der Waals surface area contributed by atoms with Crippen LogP contribution in [-0.2, 0) is 0 Å². The lowest BCUT2D eigenvalue weighted by atomic mass is 10.1. The number of allylic oxidation sites excluding steroid dienone is 3. The van der Waals surface area contributed by atoms with Crippen LogP contribution in [0.1, 0.15) is 5.56 Å². The minimum absolute atomic E-state index is 0.195. The Labute approximate surface area is 87.8 Å². The zero-order valence-electron chi connectivity index (χ0n) is 7.88. The van der Waals surface area contributed by atoms with E-state index in [4.69, 9.17) is 15.6 Å². The third-order valence-electron chi connectivity index (χ3n) is 1.70. The third kappa shape index (κ3) is 3.38. The van der Waals surface area contributed by atoms with Crippen LogP contribution in [-0.4, -0.2) is 5.11 Å². The molecule has 1 aromatic carbocycles. The van der Waals surface area contributed by atoms with Crippen molar-refractivity contribution < 1.29 is 5.11 Å². The van der Waals surface area contributed by atoms with Crippen molar-refractivity contribution in [3.8, 4) is 17.9 Å². The topological polar surface area (TPSA) is 67.8 Å². The molecule has 72 valence electrons. The zero-order chi connectivity index (χ0) is 11.1. The molecule has 3 heteroatoms. The number of phenolic OH excluding ortho intramolecular Hbond substituents is 1. The van der Waals surface area contributed by atoms with E-state index in [1.54, 1.807) is 42.5 Å². The van der Waals surface area contributed by atoms with Gasteiger partial charge in [0.15, 0.2) is 0 Å². The first kappa shape index (κ1) is 10.6. The number of nitriles is 2. The maximum absolute atomic E-state index is 9.03. The van der Waals surface area contributed by atoms with E-state index in [1.165, 1.54) is 6.08 Å². The summed E-state index contributed by atoms with van der Waals surface area (Å²) >= 11 is 0. The number of nitrogens with zero attached hydrogens (tertiary/aromatic N) is 2. The van der Waals surface area contributed by atoms with Gasteiger partial charge in [0.25, 0.3) is 0 Å². The fraction of sp³-hybridized carbons (Fsp3) is 0. The molecule has 0 radical (unpaired) electrons. The Morgan fingerprint density at radius 1 is 1.20 bits per heavy atom. The molecule has 0 aliphatic carbocycles. The van der Waals surface area contributed by atoms with E-state index in [1.807, 2.05) is 6.07 Å². The summed E-state index contributed by atoms with van der Waals surface area (Å²) in [5.41, 5.74) is 1.15. The van der Waals surface area contributed by atoms with Crippen LogP contribution in [0, 0.1) is 22.7 Å². The predicted octanol–water partition coefficient (Wildman–Crippen LogP) is 2.38. The first-order chi connectivity index (χ1) is 7.26. The number of benzene rings is 1. The quantitative estimate of drug-likeness (QED) is 0.583. The van der Waals surface area contributed by atoms with Crippen LogP contribution in [0.2, 0.25) is 0 Å². The van der Waals surface area contributed by atoms with Crippen LogP contribution < -0.4 is 0 Å². The number of rotatable bonds is 2. The lowest BCUT2D eigenvalue weighted by molar-refractivity contribution is 0.475. The fourth-order valence-corrected chi connectivity index (χ4v) is 0.959. The second-order valence-corrected chi connectivity index (χ2v) is 2.77. The summed E-state index contributed by atoms with van der Waals surface area (Å²) < 4.78 is 0. The van der Waals surface area contributed by atoms with Crippen molar-refractivity contribution in [2.45, 2.75) is 0 Å². The molecule has 15 heavy (non-hydrogen) atoms. The monoisotopic (exact) mass is 196 g/mol. The van der Waals surface area contributed by atoms with Crippen molar-refractivity contribution in [1.82, 2.24) is 0 Å². The highest BCUT2D eigenvalue weighted by atomic mass is 16.3. The van der Waals surface area contributed by atoms with Gasteiger partial charge in [0.05, 0.1) is 17.7 Å². The van der Waals surface area contributed by atoms with Gasteiger partial charge in [-0.05, 0) is 23.8 Å². The molecule has 0 amide bonds. The molecule has 1 aromatic rings. The van der Waals surface area contributed by atoms with Crippen molar-refractivity contribution in [2.75, 3.05) is 0 Å². The lowest BCUT2D eigenvalue weighted by Gasteiger charge is -1.93. The molecule has 0 atom stereocenters. The van der Waals surface area contributed by atoms with Crippen LogP contribution in [0.25, 0.3) is 6.08 Å². The molecule has 0 aliphatic heterocycles. The van der Waals surface area contributed by atoms with Crippen molar-refractivity contribution >= 4 is 6.08 Å². The SMILES string of the molecule is N#C/C=C(/C#N)C=Cc1ccc(O)cc1. The Morgan fingerprint density at radius 3 is 2.40 bits per heavy atom. The van der Waals surface area contributed by atoms with Gasteiger partial charge in [0.2, 0.25) is 0 Å². The molecule has 0 bridgehead atoms. The van der Waals surface area contributed by atoms with Crippen LogP contribution in [0.3, 0.4) is 0 Å². The smallest absolute Gasteiger partial charge is 0.115 e. The Bertz CT molecular complexity index is 470. The molecule has 0 spiro atoms. The summed E-state index contributed by atoms with van der Waals surface area (Å²) in [5, 5.41) is 26.0. The zero-order valence-corrected chi connectivity index (χ0v) is 7.88. The molecule has 3 nitrogen and oxygen atoms in total. The molecule has 0 saturated heterocycles. The van der Waals surface area contributed by atoms with Crippen molar-refractivity contribution in [3.63, 3.8) is 0 Å². The summed E-state index contributed by atoms with van der Waals surface area (Å²) in [6, 6.07) is 10.2. The van der Waals surface area contributed by atoms with Gasteiger partial charge in [0.1, 0.15) is 5.75 Å². The molecule has 0 saturated carbocycles. The highest BCUT2D eigenvalue weighted by Crippen LogP contribution is 2.11. The van der Waals surface area contributed by atoms with Crippen molar-refractivity contribution in [2.24, 2.45) is 0 Å². The molecular weight excluding hydrogens is 188 g/mol. The summed E-state index contributed by atoms with van der Waals surface area (Å²) in [6.45, 7) is 0. The van der Waals surface area contributed by atoms with Crippen molar-refractivity contribution in [1.29, 1.82) is 10.5 Å². The van der Waals surface area contributed by atoms with E-state index < -0.39 is 0 Å². The van der Waals surface area contributed by atoms with E-state index in [2.05, 4.69) is 0 Å². The van der Waals surface area contributed by atoms with Crippen LogP contribution in [0.15, 0.2) is 42.0 Å². The standard InChI is InChI=1S/C12H8N2O/c13-8-7-11(9-14)2-1-10-3-5-12(15)6-4-10/h1-7,15H/b2-1?,11-7+. The van der Waals surface area contributed by atoms with Gasteiger partial charge in [-0.25, -0.2) is 0 Å². The van der Waals surface area contributed by atoms with E-state index in [9.17, 15) is 0 Å². The maximum Gasteiger partial charge on any atom is 0.115 e. The second-order valence-electron chi connectivity index (χ2n) is 2.77. The number of aromatic hydroxyl groups is 1. The first-order valence-corrected chi connectivity index (χ1v) is 4.23. The maximum atomic E-state index is 9.03. The molecule has 0 aromatic heterocycles. The summed E-state index contributed by atoms with van der Waals surface area (Å²) in [4.78, 5) is 0. The van der Waals surface area contributed by atoms with Crippen LogP contribution >= 0.6 is 0 Å². The second kappa shape index (κ2) is 5.26. The first-order valence-electron chi connectivity index (χ1n) is 4.23. The Hall–Kier alpha value is -2.52. The van der Waals surface area contributed by atoms with Gasteiger partial charge in [-0.1, -0.05) is 18.2 Å². The minimum Gasteiger partial charge on any atom is -0.508 e. The molecular formula is C12H8N2O. The molecule has 1 N–H and O–H groups in total. The molecule has 0 aliphatic rings. The van der Waals surface area contributed by atoms with Crippen LogP contribution in [0.5, 0.6) is 5.75 Å². The van der Waals surface area contributed by atoms with E-state index in [-0.39, 0.29) is 5.75 Å². The average molecular weight is 196 g/mol. The summed E-state index contributed by atoms with van der Waals surface area (Å²) in [7, 11) is 0. The third-order valence-corrected chi connectivity index (χ3v) is 1.70. The largest absolute Gasteiger partial charge is 0.508 e. The summed E-state index contributed by atoms with van der Waals surface area (Å²) in [5.74, 6) is 0.195. The molecule has 0 heterocycles. The number of phenols is 1. The molecule has 0 fully saturated rings. The minimum atomic E-state index is 0.195. The normalized spacial score (nSPS) is 10.9. The van der Waals surface area contributed by atoms with Gasteiger partial charge in [0, 0.05) is 6.08 Å². The van der Waals surface area contributed by atoms with Gasteiger partial charge >= 0.3 is 0 Å². The lowest BCUT2D eigenvalue weighted by Crippen LogP contribution is -1.73. The highest BCUT2D eigenvalue weighted by molar-refractivity contribution is 5.56. The number of hydrogen-bond donors (Lipinski definition) is 1. The average Bonchev–Trinajstić information content (AvgIpc) is 2.26. The number of hydrogen-bond acceptors (Lipinski definition) is 3. The van der Waals surface area contributed by atoms with E-state index in [0.29, 0.717) is 5.57 Å². The van der Waals surface area contributed by atoms with Gasteiger partial charge < -0.3 is 5.11 Å². The van der Waals surface area contributed by atoms with Crippen molar-refractivity contribution in [3.05, 3.63) is 47.6 Å². The fourth-order valence-electron chi connectivity index (χ4n) is 0.959. The predicted molar refractivity (Wildman–Crippen MR) is 56.4 cm³/mol. The van der Waals surface area contributed by atoms with Crippen LogP contribution in [0.4, 0.5) is 0 Å². The van der Waals surface area contributed by atoms with E-state index in [0.717, 1.165) is 5.56 Å². The summed E-state index contributed by atoms with van der Waals surface area (Å²) in [6.07, 6.45) is 4.43. The molecule has 1 rings (SSSR count). The Morgan fingerprint density at radius 2 is 1.87 bits per heavy atom. The molecule has 0 unspecified atom stereocenters.